The number of fused-ring (bicyclic) bond motifs is 2. The third kappa shape index (κ3) is 1.66. The van der Waals surface area contributed by atoms with Crippen molar-refractivity contribution < 1.29 is 0 Å². The Morgan fingerprint density at radius 2 is 2.20 bits per heavy atom. The Bertz CT molecular complexity index is 637. The SMILES string of the molecule is CC1C2CCCN2CCN1c1nc(N)nc2[nH]ncc12. The molecule has 4 heterocycles. The van der Waals surface area contributed by atoms with Crippen LogP contribution in [0, 0.1) is 0 Å². The van der Waals surface area contributed by atoms with Gasteiger partial charge < -0.3 is 10.6 Å². The van der Waals surface area contributed by atoms with E-state index in [1.54, 1.807) is 6.20 Å². The van der Waals surface area contributed by atoms with E-state index in [-0.39, 0.29) is 0 Å². The molecule has 2 aromatic heterocycles. The highest BCUT2D eigenvalue weighted by molar-refractivity contribution is 5.87. The second-order valence-corrected chi connectivity index (χ2v) is 5.72. The first kappa shape index (κ1) is 11.9. The molecular formula is C13H19N7. The molecular weight excluding hydrogens is 254 g/mol. The first-order chi connectivity index (χ1) is 9.74. The molecule has 0 radical (unpaired) electrons. The Balaban J connectivity index is 1.77. The summed E-state index contributed by atoms with van der Waals surface area (Å²) in [6, 6.07) is 1.07. The first-order valence-electron chi connectivity index (χ1n) is 7.21. The molecule has 0 saturated carbocycles. The third-order valence-corrected chi connectivity index (χ3v) is 4.67. The van der Waals surface area contributed by atoms with Crippen LogP contribution >= 0.6 is 0 Å². The van der Waals surface area contributed by atoms with Gasteiger partial charge in [-0.3, -0.25) is 10.00 Å². The van der Waals surface area contributed by atoms with Gasteiger partial charge in [-0.05, 0) is 26.3 Å². The normalized spacial score (nSPS) is 27.1. The average molecular weight is 273 g/mol. The molecule has 2 unspecified atom stereocenters. The van der Waals surface area contributed by atoms with Crippen LogP contribution in [0.1, 0.15) is 19.8 Å². The van der Waals surface area contributed by atoms with Crippen molar-refractivity contribution in [1.29, 1.82) is 0 Å². The van der Waals surface area contributed by atoms with Gasteiger partial charge in [0, 0.05) is 25.2 Å². The fourth-order valence-corrected chi connectivity index (χ4v) is 3.68. The second-order valence-electron chi connectivity index (χ2n) is 5.72. The summed E-state index contributed by atoms with van der Waals surface area (Å²) in [6.07, 6.45) is 4.36. The van der Waals surface area contributed by atoms with E-state index >= 15 is 0 Å². The van der Waals surface area contributed by atoms with Crippen molar-refractivity contribution >= 4 is 22.8 Å². The van der Waals surface area contributed by atoms with E-state index in [9.17, 15) is 0 Å². The highest BCUT2D eigenvalue weighted by Crippen LogP contribution is 2.32. The molecule has 4 rings (SSSR count). The summed E-state index contributed by atoms with van der Waals surface area (Å²) < 4.78 is 0. The third-order valence-electron chi connectivity index (χ3n) is 4.67. The molecule has 2 atom stereocenters. The van der Waals surface area contributed by atoms with Crippen molar-refractivity contribution in [3.05, 3.63) is 6.20 Å². The van der Waals surface area contributed by atoms with Crippen LogP contribution in [0.5, 0.6) is 0 Å². The molecule has 0 spiro atoms. The smallest absolute Gasteiger partial charge is 0.224 e. The number of aromatic amines is 1. The zero-order chi connectivity index (χ0) is 13.7. The van der Waals surface area contributed by atoms with Crippen LogP contribution in [0.25, 0.3) is 11.0 Å². The number of nitrogens with two attached hydrogens (primary N) is 1. The highest BCUT2D eigenvalue weighted by atomic mass is 15.3. The van der Waals surface area contributed by atoms with Gasteiger partial charge in [-0.2, -0.15) is 15.1 Å². The van der Waals surface area contributed by atoms with E-state index in [2.05, 4.69) is 36.9 Å². The van der Waals surface area contributed by atoms with Crippen LogP contribution in [0.15, 0.2) is 6.20 Å². The molecule has 0 amide bonds. The number of rotatable bonds is 1. The van der Waals surface area contributed by atoms with Crippen LogP contribution in [0.4, 0.5) is 11.8 Å². The quantitative estimate of drug-likeness (QED) is 0.791. The molecule has 106 valence electrons. The van der Waals surface area contributed by atoms with Gasteiger partial charge in [0.15, 0.2) is 5.65 Å². The van der Waals surface area contributed by atoms with Gasteiger partial charge >= 0.3 is 0 Å². The minimum atomic E-state index is 0.304. The van der Waals surface area contributed by atoms with Crippen molar-refractivity contribution in [2.75, 3.05) is 30.3 Å². The van der Waals surface area contributed by atoms with E-state index in [4.69, 9.17) is 5.73 Å². The van der Waals surface area contributed by atoms with Gasteiger partial charge in [0.2, 0.25) is 5.95 Å². The maximum Gasteiger partial charge on any atom is 0.224 e. The molecule has 2 aliphatic rings. The van der Waals surface area contributed by atoms with Gasteiger partial charge in [-0.15, -0.1) is 0 Å². The monoisotopic (exact) mass is 273 g/mol. The van der Waals surface area contributed by atoms with E-state index in [1.165, 1.54) is 19.4 Å². The van der Waals surface area contributed by atoms with Gasteiger partial charge in [0.1, 0.15) is 5.82 Å². The number of hydrogen-bond donors (Lipinski definition) is 2. The van der Waals surface area contributed by atoms with E-state index in [0.717, 1.165) is 24.3 Å². The Morgan fingerprint density at radius 1 is 1.30 bits per heavy atom. The Hall–Kier alpha value is -1.89. The molecule has 2 fully saturated rings. The molecule has 2 saturated heterocycles. The van der Waals surface area contributed by atoms with E-state index < -0.39 is 0 Å². The Morgan fingerprint density at radius 3 is 3.10 bits per heavy atom. The number of hydrogen-bond acceptors (Lipinski definition) is 6. The predicted molar refractivity (Wildman–Crippen MR) is 77.5 cm³/mol. The maximum absolute atomic E-state index is 5.84. The van der Waals surface area contributed by atoms with E-state index in [1.807, 2.05) is 0 Å². The van der Waals surface area contributed by atoms with Crippen molar-refractivity contribution in [3.63, 3.8) is 0 Å². The molecule has 20 heavy (non-hydrogen) atoms. The summed E-state index contributed by atoms with van der Waals surface area (Å²) in [4.78, 5) is 13.6. The minimum Gasteiger partial charge on any atom is -0.368 e. The number of H-pyrrole nitrogens is 1. The molecule has 2 aliphatic heterocycles. The lowest BCUT2D eigenvalue weighted by molar-refractivity contribution is 0.194. The molecule has 7 nitrogen and oxygen atoms in total. The zero-order valence-corrected chi connectivity index (χ0v) is 11.6. The lowest BCUT2D eigenvalue weighted by Gasteiger charge is -2.44. The summed E-state index contributed by atoms with van der Waals surface area (Å²) in [7, 11) is 0. The lowest BCUT2D eigenvalue weighted by Crippen LogP contribution is -2.56. The molecule has 2 aromatic rings. The number of anilines is 2. The van der Waals surface area contributed by atoms with Gasteiger partial charge in [-0.25, -0.2) is 0 Å². The Labute approximate surface area is 117 Å². The van der Waals surface area contributed by atoms with Crippen LogP contribution < -0.4 is 10.6 Å². The van der Waals surface area contributed by atoms with Crippen LogP contribution in [0.3, 0.4) is 0 Å². The largest absolute Gasteiger partial charge is 0.368 e. The van der Waals surface area contributed by atoms with Crippen molar-refractivity contribution in [2.45, 2.75) is 31.8 Å². The van der Waals surface area contributed by atoms with Gasteiger partial charge in [-0.1, -0.05) is 0 Å². The number of nitrogen functional groups attached to an aromatic ring is 1. The van der Waals surface area contributed by atoms with E-state index in [0.29, 0.717) is 23.7 Å². The summed E-state index contributed by atoms with van der Waals surface area (Å²) >= 11 is 0. The number of nitrogens with one attached hydrogen (secondary N) is 1. The lowest BCUT2D eigenvalue weighted by atomic mass is 10.0. The second kappa shape index (κ2) is 4.31. The number of aromatic nitrogens is 4. The molecule has 0 bridgehead atoms. The van der Waals surface area contributed by atoms with Crippen LogP contribution in [0.2, 0.25) is 0 Å². The predicted octanol–water partition coefficient (Wildman–Crippen LogP) is 0.608. The average Bonchev–Trinajstić information content (AvgIpc) is 3.06. The van der Waals surface area contributed by atoms with Crippen molar-refractivity contribution in [2.24, 2.45) is 0 Å². The Kier molecular flexibility index (Phi) is 2.56. The van der Waals surface area contributed by atoms with Crippen LogP contribution in [-0.4, -0.2) is 56.8 Å². The number of piperazine rings is 1. The van der Waals surface area contributed by atoms with Crippen molar-refractivity contribution in [1.82, 2.24) is 25.1 Å². The highest BCUT2D eigenvalue weighted by Gasteiger charge is 2.37. The molecule has 7 heteroatoms. The van der Waals surface area contributed by atoms with Crippen LogP contribution in [-0.2, 0) is 0 Å². The summed E-state index contributed by atoms with van der Waals surface area (Å²) in [5.74, 6) is 1.22. The molecule has 0 aromatic carbocycles. The fraction of sp³-hybridized carbons (Fsp3) is 0.615. The van der Waals surface area contributed by atoms with Gasteiger partial charge in [0.25, 0.3) is 0 Å². The topological polar surface area (TPSA) is 87.0 Å². The maximum atomic E-state index is 5.84. The first-order valence-corrected chi connectivity index (χ1v) is 7.21. The summed E-state index contributed by atoms with van der Waals surface area (Å²) in [5.41, 5.74) is 6.55. The number of nitrogens with zero attached hydrogens (tertiary/aromatic N) is 5. The van der Waals surface area contributed by atoms with Crippen molar-refractivity contribution in [3.8, 4) is 0 Å². The summed E-state index contributed by atoms with van der Waals surface area (Å²) in [5, 5.41) is 7.91. The minimum absolute atomic E-state index is 0.304. The van der Waals surface area contributed by atoms with Gasteiger partial charge in [0.05, 0.1) is 11.6 Å². The molecule has 0 aliphatic carbocycles. The fourth-order valence-electron chi connectivity index (χ4n) is 3.68. The molecule has 3 N–H and O–H groups in total. The standard InChI is InChI=1S/C13H19N7/c1-8-10-3-2-4-19(10)5-6-20(8)12-9-7-15-18-11(9)16-13(14)17-12/h7-8,10H,2-6H2,1H3,(H3,14,15,16,17,18). The summed E-state index contributed by atoms with van der Waals surface area (Å²) in [6.45, 7) is 5.59. The zero-order valence-electron chi connectivity index (χ0n) is 11.6.